The topological polar surface area (TPSA) is 3.24 Å². The minimum absolute atomic E-state index is 0. The first-order valence-corrected chi connectivity index (χ1v) is 12.5. The summed E-state index contributed by atoms with van der Waals surface area (Å²) in [6.45, 7) is 26.3. The normalized spacial score (nSPS) is 23.1. The molecule has 0 atom stereocenters. The SMILES string of the molecule is C[C](C)(C)[Zn-]([N]1CCCC(C)(C)C1(C)C)[C](C)(C)C.[Li+]. The Balaban J connectivity index is 0.00000361. The van der Waals surface area contributed by atoms with Gasteiger partial charge in [0, 0.05) is 0 Å². The van der Waals surface area contributed by atoms with Crippen LogP contribution in [0.1, 0.15) is 82.1 Å². The van der Waals surface area contributed by atoms with E-state index in [4.69, 9.17) is 0 Å². The quantitative estimate of drug-likeness (QED) is 0.670. The van der Waals surface area contributed by atoms with Crippen molar-refractivity contribution in [2.24, 2.45) is 5.41 Å². The number of hydrogen-bond acceptors (Lipinski definition) is 1. The van der Waals surface area contributed by atoms with E-state index < -0.39 is 16.2 Å². The second-order valence-electron chi connectivity index (χ2n) is 10.4. The van der Waals surface area contributed by atoms with Crippen molar-refractivity contribution in [2.75, 3.05) is 6.54 Å². The summed E-state index contributed by atoms with van der Waals surface area (Å²) in [5, 5.41) is 0. The Labute approximate surface area is 146 Å². The Morgan fingerprint density at radius 1 is 0.850 bits per heavy atom. The molecule has 112 valence electrons. The molecule has 1 saturated heterocycles. The number of nitrogens with zero attached hydrogens (tertiary/aromatic N) is 1. The minimum Gasteiger partial charge on any atom is 1.00 e. The van der Waals surface area contributed by atoms with Gasteiger partial charge in [0.15, 0.2) is 0 Å². The summed E-state index contributed by atoms with van der Waals surface area (Å²) in [5.41, 5.74) is 0.794. The molecule has 0 radical (unpaired) electrons. The molecule has 0 aromatic rings. The first-order chi connectivity index (χ1) is 8.21. The van der Waals surface area contributed by atoms with Crippen molar-refractivity contribution in [3.8, 4) is 0 Å². The Hall–Kier alpha value is 1.18. The van der Waals surface area contributed by atoms with Crippen molar-refractivity contribution in [1.82, 2.24) is 3.64 Å². The second-order valence-corrected chi connectivity index (χ2v) is 23.0. The van der Waals surface area contributed by atoms with Crippen LogP contribution in [0.4, 0.5) is 0 Å². The van der Waals surface area contributed by atoms with Crippen molar-refractivity contribution in [3.63, 3.8) is 0 Å². The van der Waals surface area contributed by atoms with E-state index in [0.717, 1.165) is 0 Å². The molecular formula is C17H36LiNZn. The fraction of sp³-hybridized carbons (Fsp3) is 1.00. The van der Waals surface area contributed by atoms with Crippen molar-refractivity contribution in [1.29, 1.82) is 0 Å². The van der Waals surface area contributed by atoms with Crippen molar-refractivity contribution < 1.29 is 35.0 Å². The van der Waals surface area contributed by atoms with Crippen LogP contribution in [0, 0.1) is 5.41 Å². The summed E-state index contributed by atoms with van der Waals surface area (Å²) >= 11 is -1.90. The summed E-state index contributed by atoms with van der Waals surface area (Å²) in [4.78, 5) is 0. The van der Waals surface area contributed by atoms with Gasteiger partial charge in [0.25, 0.3) is 0 Å². The van der Waals surface area contributed by atoms with Crippen molar-refractivity contribution in [2.45, 2.75) is 95.6 Å². The molecule has 20 heavy (non-hydrogen) atoms. The van der Waals surface area contributed by atoms with Crippen LogP contribution in [-0.2, 0) is 16.2 Å². The molecule has 0 N–H and O–H groups in total. The van der Waals surface area contributed by atoms with Gasteiger partial charge in [-0.15, -0.1) is 0 Å². The molecule has 0 unspecified atom stereocenters. The summed E-state index contributed by atoms with van der Waals surface area (Å²) in [7, 11) is 0. The molecule has 1 fully saturated rings. The third-order valence-corrected chi connectivity index (χ3v) is 18.4. The van der Waals surface area contributed by atoms with E-state index in [1.54, 1.807) is 0 Å². The zero-order valence-corrected chi connectivity index (χ0v) is 19.2. The van der Waals surface area contributed by atoms with Gasteiger partial charge in [0.1, 0.15) is 0 Å². The Kier molecular flexibility index (Phi) is 6.73. The monoisotopic (exact) mass is 325 g/mol. The molecule has 1 heterocycles. The molecule has 0 saturated carbocycles. The number of piperidine rings is 1. The van der Waals surface area contributed by atoms with Gasteiger partial charge in [-0.1, -0.05) is 0 Å². The summed E-state index contributed by atoms with van der Waals surface area (Å²) in [6, 6.07) is 0. The molecule has 0 aromatic carbocycles. The van der Waals surface area contributed by atoms with Crippen LogP contribution in [0.25, 0.3) is 0 Å². The Morgan fingerprint density at radius 3 is 1.60 bits per heavy atom. The maximum absolute atomic E-state index is 3.02. The molecular weight excluding hydrogens is 291 g/mol. The van der Waals surface area contributed by atoms with Gasteiger partial charge >= 0.3 is 146 Å². The molecule has 0 aliphatic carbocycles. The first kappa shape index (κ1) is 21.2. The zero-order valence-electron chi connectivity index (χ0n) is 16.3. The summed E-state index contributed by atoms with van der Waals surface area (Å²) < 4.78 is 4.06. The summed E-state index contributed by atoms with van der Waals surface area (Å²) in [6.07, 6.45) is 2.76. The molecule has 0 bridgehead atoms. The van der Waals surface area contributed by atoms with E-state index in [0.29, 0.717) is 19.0 Å². The zero-order chi connectivity index (χ0) is 15.3. The molecule has 0 spiro atoms. The van der Waals surface area contributed by atoms with E-state index in [2.05, 4.69) is 72.9 Å². The molecule has 0 amide bonds. The van der Waals surface area contributed by atoms with Crippen LogP contribution in [0.5, 0.6) is 0 Å². The van der Waals surface area contributed by atoms with Crippen molar-refractivity contribution in [3.05, 3.63) is 0 Å². The van der Waals surface area contributed by atoms with Gasteiger partial charge in [-0.25, -0.2) is 0 Å². The van der Waals surface area contributed by atoms with Crippen LogP contribution < -0.4 is 18.9 Å². The van der Waals surface area contributed by atoms with Crippen LogP contribution in [-0.4, -0.2) is 15.7 Å². The third kappa shape index (κ3) is 4.13. The van der Waals surface area contributed by atoms with Gasteiger partial charge in [-0.05, 0) is 0 Å². The average molecular weight is 327 g/mol. The Morgan fingerprint density at radius 2 is 1.25 bits per heavy atom. The molecule has 3 heteroatoms. The predicted octanol–water partition coefficient (Wildman–Crippen LogP) is 2.86. The fourth-order valence-corrected chi connectivity index (χ4v) is 20.2. The van der Waals surface area contributed by atoms with Crippen LogP contribution in [0.15, 0.2) is 0 Å². The smallest absolute Gasteiger partial charge is 1.00 e. The van der Waals surface area contributed by atoms with Gasteiger partial charge in [-0.3, -0.25) is 0 Å². The van der Waals surface area contributed by atoms with E-state index >= 15 is 0 Å². The number of hydrogen-bond donors (Lipinski definition) is 0. The molecule has 1 nitrogen and oxygen atoms in total. The average Bonchev–Trinajstić information content (AvgIpc) is 2.08. The van der Waals surface area contributed by atoms with Gasteiger partial charge < -0.3 is 0 Å². The van der Waals surface area contributed by atoms with Crippen LogP contribution in [0.3, 0.4) is 0 Å². The van der Waals surface area contributed by atoms with E-state index in [9.17, 15) is 0 Å². The van der Waals surface area contributed by atoms with E-state index in [1.165, 1.54) is 19.4 Å². The van der Waals surface area contributed by atoms with Crippen molar-refractivity contribution >= 4 is 0 Å². The maximum atomic E-state index is 3.02. The predicted molar refractivity (Wildman–Crippen MR) is 83.2 cm³/mol. The van der Waals surface area contributed by atoms with Gasteiger partial charge in [0.2, 0.25) is 0 Å². The number of rotatable bonds is 1. The molecule has 1 aliphatic heterocycles. The molecule has 0 aromatic heterocycles. The Bertz CT molecular complexity index is 309. The second kappa shape index (κ2) is 6.35. The third-order valence-electron chi connectivity index (χ3n) is 6.07. The molecule has 1 aliphatic rings. The molecule has 1 rings (SSSR count). The first-order valence-electron chi connectivity index (χ1n) is 8.17. The largest absolute Gasteiger partial charge is 1.00 e. The minimum atomic E-state index is -1.90. The van der Waals surface area contributed by atoms with Crippen LogP contribution in [0.2, 0.25) is 8.02 Å². The fourth-order valence-electron chi connectivity index (χ4n) is 5.01. The van der Waals surface area contributed by atoms with Crippen LogP contribution >= 0.6 is 0 Å². The van der Waals surface area contributed by atoms with E-state index in [-0.39, 0.29) is 18.9 Å². The van der Waals surface area contributed by atoms with Gasteiger partial charge in [-0.2, -0.15) is 0 Å². The van der Waals surface area contributed by atoms with Gasteiger partial charge in [0.05, 0.1) is 0 Å². The standard InChI is InChI=1S/C9H18N.2C4H9.Li.Zn/c1-8(2)6-5-7-10-9(8,3)4;2*1-4(2)3;;/h5-7H2,1-4H3;2*1-3H3;;/q-1;;;+1;. The summed E-state index contributed by atoms with van der Waals surface area (Å²) in [5.74, 6) is 0. The maximum Gasteiger partial charge on any atom is 1.00 e. The van der Waals surface area contributed by atoms with E-state index in [1.807, 2.05) is 0 Å².